The van der Waals surface area contributed by atoms with Crippen LogP contribution in [0.3, 0.4) is 0 Å². The van der Waals surface area contributed by atoms with Crippen molar-refractivity contribution in [2.45, 2.75) is 46.3 Å². The monoisotopic (exact) mass is 228 g/mol. The van der Waals surface area contributed by atoms with E-state index in [1.165, 1.54) is 6.42 Å². The van der Waals surface area contributed by atoms with Crippen LogP contribution in [0.4, 0.5) is 0 Å². The lowest BCUT2D eigenvalue weighted by atomic mass is 9.81. The van der Waals surface area contributed by atoms with Crippen LogP contribution in [-0.2, 0) is 0 Å². The summed E-state index contributed by atoms with van der Waals surface area (Å²) < 4.78 is 0. The first kappa shape index (κ1) is 12.9. The fourth-order valence-electron chi connectivity index (χ4n) is 1.23. The molecular formula is C12H24N2S. The molecule has 88 valence electrons. The van der Waals surface area contributed by atoms with Gasteiger partial charge in [0.2, 0.25) is 0 Å². The predicted octanol–water partition coefficient (Wildman–Crippen LogP) is 3.14. The molecule has 15 heavy (non-hydrogen) atoms. The second-order valence-corrected chi connectivity index (χ2v) is 6.58. The van der Waals surface area contributed by atoms with Crippen molar-refractivity contribution in [3.8, 4) is 0 Å². The van der Waals surface area contributed by atoms with Crippen LogP contribution in [0.25, 0.3) is 0 Å². The lowest BCUT2D eigenvalue weighted by molar-refractivity contribution is 0.251. The number of nitrogens with one attached hydrogen (secondary N) is 1. The van der Waals surface area contributed by atoms with Gasteiger partial charge in [-0.05, 0) is 17.8 Å². The molecule has 0 aromatic heterocycles. The highest BCUT2D eigenvalue weighted by Gasteiger charge is 2.24. The number of amidine groups is 1. The van der Waals surface area contributed by atoms with Crippen molar-refractivity contribution in [2.24, 2.45) is 16.3 Å². The molecule has 1 aliphatic heterocycles. The summed E-state index contributed by atoms with van der Waals surface area (Å²) in [5, 5.41) is 5.33. The van der Waals surface area contributed by atoms with Gasteiger partial charge in [0.1, 0.15) is 0 Å². The van der Waals surface area contributed by atoms with E-state index in [-0.39, 0.29) is 0 Å². The number of rotatable bonds is 4. The lowest BCUT2D eigenvalue weighted by Gasteiger charge is -2.29. The number of hydrogen-bond donors (Lipinski definition) is 1. The molecule has 1 unspecified atom stereocenters. The Kier molecular flexibility index (Phi) is 4.50. The lowest BCUT2D eigenvalue weighted by Crippen LogP contribution is -2.35. The van der Waals surface area contributed by atoms with E-state index < -0.39 is 0 Å². The minimum absolute atomic E-state index is 0.341. The standard InChI is InChI=1S/C12H24N2S/c1-6-10-7-13-11(15-10)14-8-12(4,5)9(2)3/h9-10H,6-8H2,1-5H3,(H,13,14). The second-order valence-electron chi connectivity index (χ2n) is 5.29. The summed E-state index contributed by atoms with van der Waals surface area (Å²) in [7, 11) is 0. The van der Waals surface area contributed by atoms with E-state index in [0.29, 0.717) is 16.6 Å². The average molecular weight is 228 g/mol. The topological polar surface area (TPSA) is 24.4 Å². The summed E-state index contributed by atoms with van der Waals surface area (Å²) in [5.74, 6) is 0.693. The predicted molar refractivity (Wildman–Crippen MR) is 70.6 cm³/mol. The van der Waals surface area contributed by atoms with Crippen LogP contribution in [0, 0.1) is 11.3 Å². The Bertz CT molecular complexity index is 234. The van der Waals surface area contributed by atoms with Gasteiger partial charge in [-0.1, -0.05) is 46.4 Å². The van der Waals surface area contributed by atoms with E-state index in [0.717, 1.165) is 18.3 Å². The molecule has 0 saturated carbocycles. The van der Waals surface area contributed by atoms with Gasteiger partial charge in [0.05, 0.1) is 6.54 Å². The molecule has 1 atom stereocenters. The van der Waals surface area contributed by atoms with Crippen LogP contribution in [0.2, 0.25) is 0 Å². The second kappa shape index (κ2) is 5.24. The summed E-state index contributed by atoms with van der Waals surface area (Å²) in [5.41, 5.74) is 0.341. The molecule has 2 nitrogen and oxygen atoms in total. The third-order valence-corrected chi connectivity index (χ3v) is 4.74. The molecule has 0 aliphatic carbocycles. The normalized spacial score (nSPS) is 22.0. The van der Waals surface area contributed by atoms with Crippen molar-refractivity contribution in [2.75, 3.05) is 13.1 Å². The highest BCUT2D eigenvalue weighted by molar-refractivity contribution is 8.14. The summed E-state index contributed by atoms with van der Waals surface area (Å²) in [4.78, 5) is 4.52. The van der Waals surface area contributed by atoms with Crippen molar-refractivity contribution in [3.63, 3.8) is 0 Å². The van der Waals surface area contributed by atoms with Gasteiger partial charge in [-0.3, -0.25) is 4.99 Å². The van der Waals surface area contributed by atoms with E-state index in [2.05, 4.69) is 44.9 Å². The number of hydrogen-bond acceptors (Lipinski definition) is 3. The molecule has 1 N–H and O–H groups in total. The van der Waals surface area contributed by atoms with Gasteiger partial charge in [0.15, 0.2) is 5.17 Å². The first-order valence-corrected chi connectivity index (χ1v) is 6.78. The molecule has 1 heterocycles. The molecule has 0 saturated heterocycles. The van der Waals surface area contributed by atoms with E-state index in [1.807, 2.05) is 11.8 Å². The van der Waals surface area contributed by atoms with Gasteiger partial charge < -0.3 is 5.32 Å². The highest BCUT2D eigenvalue weighted by Crippen LogP contribution is 2.27. The molecule has 0 radical (unpaired) electrons. The third-order valence-electron chi connectivity index (χ3n) is 3.43. The molecule has 0 amide bonds. The fourth-order valence-corrected chi connectivity index (χ4v) is 2.17. The molecule has 3 heteroatoms. The zero-order valence-corrected chi connectivity index (χ0v) is 11.4. The summed E-state index contributed by atoms with van der Waals surface area (Å²) >= 11 is 1.90. The maximum atomic E-state index is 4.52. The molecule has 0 aromatic rings. The molecule has 0 fully saturated rings. The minimum Gasteiger partial charge on any atom is -0.364 e. The van der Waals surface area contributed by atoms with Crippen molar-refractivity contribution in [1.29, 1.82) is 0 Å². The van der Waals surface area contributed by atoms with Gasteiger partial charge in [0, 0.05) is 11.8 Å². The van der Waals surface area contributed by atoms with Gasteiger partial charge in [-0.25, -0.2) is 0 Å². The zero-order valence-electron chi connectivity index (χ0n) is 10.6. The average Bonchev–Trinajstić information content (AvgIpc) is 2.62. The Balaban J connectivity index is 2.33. The Morgan fingerprint density at radius 1 is 1.53 bits per heavy atom. The quantitative estimate of drug-likeness (QED) is 0.799. The molecule has 1 rings (SSSR count). The Morgan fingerprint density at radius 2 is 2.20 bits per heavy atom. The van der Waals surface area contributed by atoms with E-state index in [9.17, 15) is 0 Å². The van der Waals surface area contributed by atoms with Crippen molar-refractivity contribution in [1.82, 2.24) is 5.32 Å². The van der Waals surface area contributed by atoms with Gasteiger partial charge in [-0.15, -0.1) is 0 Å². The molecular weight excluding hydrogens is 204 g/mol. The van der Waals surface area contributed by atoms with Crippen molar-refractivity contribution < 1.29 is 0 Å². The first-order chi connectivity index (χ1) is 6.95. The van der Waals surface area contributed by atoms with E-state index in [4.69, 9.17) is 0 Å². The maximum absolute atomic E-state index is 4.52. The van der Waals surface area contributed by atoms with Gasteiger partial charge >= 0.3 is 0 Å². The summed E-state index contributed by atoms with van der Waals surface area (Å²) in [6, 6.07) is 0. The van der Waals surface area contributed by atoms with Crippen LogP contribution in [-0.4, -0.2) is 23.5 Å². The van der Waals surface area contributed by atoms with Gasteiger partial charge in [-0.2, -0.15) is 0 Å². The Morgan fingerprint density at radius 3 is 2.67 bits per heavy atom. The molecule has 1 aliphatic rings. The molecule has 0 spiro atoms. The van der Waals surface area contributed by atoms with Crippen LogP contribution >= 0.6 is 11.8 Å². The van der Waals surface area contributed by atoms with Gasteiger partial charge in [0.25, 0.3) is 0 Å². The first-order valence-electron chi connectivity index (χ1n) is 5.90. The third kappa shape index (κ3) is 3.71. The minimum atomic E-state index is 0.341. The summed E-state index contributed by atoms with van der Waals surface area (Å²) in [6.45, 7) is 13.4. The number of thioether (sulfide) groups is 1. The van der Waals surface area contributed by atoms with Crippen molar-refractivity contribution in [3.05, 3.63) is 0 Å². The maximum Gasteiger partial charge on any atom is 0.156 e. The fraction of sp³-hybridized carbons (Fsp3) is 0.917. The Hall–Kier alpha value is -0.180. The van der Waals surface area contributed by atoms with Crippen LogP contribution in [0.1, 0.15) is 41.0 Å². The highest BCUT2D eigenvalue weighted by atomic mass is 32.2. The van der Waals surface area contributed by atoms with Crippen LogP contribution in [0.5, 0.6) is 0 Å². The largest absolute Gasteiger partial charge is 0.364 e. The van der Waals surface area contributed by atoms with E-state index in [1.54, 1.807) is 0 Å². The summed E-state index contributed by atoms with van der Waals surface area (Å²) in [6.07, 6.45) is 1.22. The Labute approximate surface area is 98.3 Å². The molecule has 0 bridgehead atoms. The zero-order chi connectivity index (χ0) is 11.5. The van der Waals surface area contributed by atoms with Crippen LogP contribution < -0.4 is 5.32 Å². The van der Waals surface area contributed by atoms with Crippen molar-refractivity contribution >= 4 is 16.9 Å². The molecule has 0 aromatic carbocycles. The smallest absolute Gasteiger partial charge is 0.156 e. The SMILES string of the molecule is CCC1CN=C(NCC(C)(C)C(C)C)S1. The van der Waals surface area contributed by atoms with Crippen LogP contribution in [0.15, 0.2) is 4.99 Å². The number of aliphatic imine (C=N–C) groups is 1. The van der Waals surface area contributed by atoms with E-state index >= 15 is 0 Å². The number of nitrogens with zero attached hydrogens (tertiary/aromatic N) is 1.